The van der Waals surface area contributed by atoms with Crippen molar-refractivity contribution in [1.29, 1.82) is 0 Å². The van der Waals surface area contributed by atoms with Crippen LogP contribution in [-0.4, -0.2) is 19.3 Å². The fourth-order valence-corrected chi connectivity index (χ4v) is 4.05. The average Bonchev–Trinajstić information content (AvgIpc) is 3.17. The van der Waals surface area contributed by atoms with Crippen LogP contribution in [0.15, 0.2) is 0 Å². The van der Waals surface area contributed by atoms with Crippen LogP contribution in [0.4, 0.5) is 0 Å². The van der Waals surface area contributed by atoms with Gasteiger partial charge in [0, 0.05) is 13.1 Å². The Kier molecular flexibility index (Phi) is 4.00. The first kappa shape index (κ1) is 14.9. The van der Waals surface area contributed by atoms with Gasteiger partial charge in [-0.2, -0.15) is 5.10 Å². The number of rotatable bonds is 5. The second kappa shape index (κ2) is 5.64. The van der Waals surface area contributed by atoms with Crippen molar-refractivity contribution in [1.82, 2.24) is 19.3 Å². The normalized spacial score (nSPS) is 17.9. The highest BCUT2D eigenvalue weighted by Gasteiger charge is 2.34. The number of imidazole rings is 1. The number of hydrogen-bond acceptors (Lipinski definition) is 2. The Morgan fingerprint density at radius 1 is 1.24 bits per heavy atom. The van der Waals surface area contributed by atoms with Gasteiger partial charge in [0.05, 0.1) is 11.6 Å². The lowest BCUT2D eigenvalue weighted by Gasteiger charge is -2.29. The van der Waals surface area contributed by atoms with Crippen molar-refractivity contribution in [2.45, 2.75) is 71.8 Å². The molecule has 0 saturated heterocycles. The molecular formula is C16H25ClN4. The van der Waals surface area contributed by atoms with E-state index in [2.05, 4.69) is 28.2 Å². The predicted molar refractivity (Wildman–Crippen MR) is 86.7 cm³/mol. The Hall–Kier alpha value is -1.03. The highest BCUT2D eigenvalue weighted by atomic mass is 35.5. The first-order chi connectivity index (χ1) is 10.1. The van der Waals surface area contributed by atoms with Crippen molar-refractivity contribution >= 4 is 22.8 Å². The maximum atomic E-state index is 6.17. The molecule has 0 atom stereocenters. The second-order valence-electron chi connectivity index (χ2n) is 6.38. The van der Waals surface area contributed by atoms with Gasteiger partial charge in [-0.3, -0.25) is 0 Å². The molecule has 116 valence electrons. The number of alkyl halides is 1. The molecule has 0 bridgehead atoms. The van der Waals surface area contributed by atoms with E-state index in [1.807, 2.05) is 6.92 Å². The topological polar surface area (TPSA) is 35.6 Å². The van der Waals surface area contributed by atoms with Gasteiger partial charge < -0.3 is 4.57 Å². The molecule has 1 aliphatic carbocycles. The van der Waals surface area contributed by atoms with Gasteiger partial charge in [0.25, 0.3) is 0 Å². The zero-order valence-corrected chi connectivity index (χ0v) is 14.1. The van der Waals surface area contributed by atoms with Crippen LogP contribution in [0.2, 0.25) is 0 Å². The van der Waals surface area contributed by atoms with Crippen LogP contribution in [-0.2, 0) is 19.0 Å². The summed E-state index contributed by atoms with van der Waals surface area (Å²) in [5.41, 5.74) is 3.61. The Morgan fingerprint density at radius 2 is 1.95 bits per heavy atom. The van der Waals surface area contributed by atoms with Crippen molar-refractivity contribution in [2.75, 3.05) is 0 Å². The monoisotopic (exact) mass is 308 g/mol. The quantitative estimate of drug-likeness (QED) is 0.773. The first-order valence-electron chi connectivity index (χ1n) is 8.12. The molecule has 0 aromatic carbocycles. The van der Waals surface area contributed by atoms with E-state index in [4.69, 9.17) is 16.6 Å². The molecule has 21 heavy (non-hydrogen) atoms. The lowest BCUT2D eigenvalue weighted by atomic mass is 9.83. The van der Waals surface area contributed by atoms with Crippen LogP contribution in [0, 0.1) is 12.3 Å². The van der Waals surface area contributed by atoms with E-state index in [1.165, 1.54) is 32.1 Å². The van der Waals surface area contributed by atoms with Crippen LogP contribution in [0.1, 0.15) is 57.5 Å². The van der Waals surface area contributed by atoms with E-state index < -0.39 is 0 Å². The van der Waals surface area contributed by atoms with Crippen LogP contribution >= 0.6 is 11.6 Å². The van der Waals surface area contributed by atoms with E-state index in [0.29, 0.717) is 11.3 Å². The van der Waals surface area contributed by atoms with Crippen LogP contribution < -0.4 is 0 Å². The fraction of sp³-hybridized carbons (Fsp3) is 0.750. The molecule has 1 saturated carbocycles. The summed E-state index contributed by atoms with van der Waals surface area (Å²) in [7, 11) is 0. The van der Waals surface area contributed by atoms with Gasteiger partial charge in [0.15, 0.2) is 5.65 Å². The third-order valence-electron chi connectivity index (χ3n) is 5.20. The summed E-state index contributed by atoms with van der Waals surface area (Å²) in [5, 5.41) is 4.62. The molecule has 4 nitrogen and oxygen atoms in total. The van der Waals surface area contributed by atoms with Crippen molar-refractivity contribution in [3.05, 3.63) is 11.5 Å². The molecule has 0 amide bonds. The minimum atomic E-state index is 0.422. The Bertz CT molecular complexity index is 634. The number of fused-ring (bicyclic) bond motifs is 1. The second-order valence-corrected chi connectivity index (χ2v) is 6.65. The molecule has 0 aliphatic heterocycles. The van der Waals surface area contributed by atoms with Gasteiger partial charge in [-0.25, -0.2) is 9.67 Å². The molecule has 0 spiro atoms. The zero-order valence-electron chi connectivity index (χ0n) is 13.3. The molecule has 2 aromatic rings. The van der Waals surface area contributed by atoms with Gasteiger partial charge in [-0.15, -0.1) is 11.6 Å². The minimum absolute atomic E-state index is 0.422. The Labute approximate surface area is 131 Å². The molecule has 1 fully saturated rings. The highest BCUT2D eigenvalue weighted by molar-refractivity contribution is 6.16. The van der Waals surface area contributed by atoms with Crippen LogP contribution in [0.5, 0.6) is 0 Å². The largest absolute Gasteiger partial charge is 0.311 e. The number of aryl methyl sites for hydroxylation is 2. The van der Waals surface area contributed by atoms with Gasteiger partial charge >= 0.3 is 0 Å². The van der Waals surface area contributed by atoms with E-state index in [0.717, 1.165) is 35.8 Å². The minimum Gasteiger partial charge on any atom is -0.311 e. The summed E-state index contributed by atoms with van der Waals surface area (Å²) in [5.74, 6) is 1.46. The maximum Gasteiger partial charge on any atom is 0.158 e. The van der Waals surface area contributed by atoms with E-state index in [1.54, 1.807) is 0 Å². The lowest BCUT2D eigenvalue weighted by molar-refractivity contribution is 0.237. The number of aromatic nitrogens is 4. The van der Waals surface area contributed by atoms with E-state index in [9.17, 15) is 0 Å². The summed E-state index contributed by atoms with van der Waals surface area (Å²) in [6.07, 6.45) is 6.59. The summed E-state index contributed by atoms with van der Waals surface area (Å²) in [6, 6.07) is 0. The van der Waals surface area contributed by atoms with Crippen molar-refractivity contribution in [3.8, 4) is 0 Å². The summed E-state index contributed by atoms with van der Waals surface area (Å²) >= 11 is 6.17. The average molecular weight is 309 g/mol. The molecule has 2 aromatic heterocycles. The number of nitrogens with zero attached hydrogens (tertiary/aromatic N) is 4. The lowest BCUT2D eigenvalue weighted by Crippen LogP contribution is -2.24. The summed E-state index contributed by atoms with van der Waals surface area (Å²) in [6.45, 7) is 8.40. The van der Waals surface area contributed by atoms with Gasteiger partial charge in [-0.1, -0.05) is 19.8 Å². The third-order valence-corrected chi connectivity index (χ3v) is 5.44. The summed E-state index contributed by atoms with van der Waals surface area (Å²) < 4.78 is 4.42. The molecule has 2 heterocycles. The van der Waals surface area contributed by atoms with Crippen molar-refractivity contribution in [3.63, 3.8) is 0 Å². The van der Waals surface area contributed by atoms with Gasteiger partial charge in [-0.05, 0) is 38.5 Å². The Morgan fingerprint density at radius 3 is 2.52 bits per heavy atom. The smallest absolute Gasteiger partial charge is 0.158 e. The predicted octanol–water partition coefficient (Wildman–Crippen LogP) is 4.27. The van der Waals surface area contributed by atoms with E-state index >= 15 is 0 Å². The zero-order chi connectivity index (χ0) is 15.0. The van der Waals surface area contributed by atoms with Crippen molar-refractivity contribution < 1.29 is 0 Å². The molecule has 1 aliphatic rings. The van der Waals surface area contributed by atoms with Crippen molar-refractivity contribution in [2.24, 2.45) is 5.41 Å². The number of hydrogen-bond donors (Lipinski definition) is 0. The van der Waals surface area contributed by atoms with Crippen LogP contribution in [0.3, 0.4) is 0 Å². The summed E-state index contributed by atoms with van der Waals surface area (Å²) in [4.78, 5) is 4.75. The molecule has 0 radical (unpaired) electrons. The van der Waals surface area contributed by atoms with Gasteiger partial charge in [0.2, 0.25) is 0 Å². The molecule has 5 heteroatoms. The standard InChI is InChI=1S/C16H25ClN4/c1-4-16(8-6-7-9-16)11-20-13(10-17)18-14-12(3)19-21(5-2)15(14)20/h4-11H2,1-3H3. The third kappa shape index (κ3) is 2.37. The Balaban J connectivity index is 2.11. The maximum absolute atomic E-state index is 6.17. The molecule has 0 unspecified atom stereocenters. The SMILES string of the molecule is CCn1nc(C)c2nc(CCl)n(CC3(CC)CCCC3)c21. The highest BCUT2D eigenvalue weighted by Crippen LogP contribution is 2.43. The molecular weight excluding hydrogens is 284 g/mol. The fourth-order valence-electron chi connectivity index (χ4n) is 3.84. The van der Waals surface area contributed by atoms with Crippen LogP contribution in [0.25, 0.3) is 11.2 Å². The number of halogens is 1. The van der Waals surface area contributed by atoms with E-state index in [-0.39, 0.29) is 0 Å². The molecule has 0 N–H and O–H groups in total. The first-order valence-corrected chi connectivity index (χ1v) is 8.66. The molecule has 3 rings (SSSR count). The van der Waals surface area contributed by atoms with Gasteiger partial charge in [0.1, 0.15) is 11.3 Å².